The van der Waals surface area contributed by atoms with Crippen molar-refractivity contribution in [2.75, 3.05) is 13.2 Å². The largest absolute Gasteiger partial charge is 0.478 e. The zero-order valence-corrected chi connectivity index (χ0v) is 24.5. The first-order chi connectivity index (χ1) is 21.0. The van der Waals surface area contributed by atoms with Crippen LogP contribution in [-0.4, -0.2) is 38.8 Å². The van der Waals surface area contributed by atoms with Crippen LogP contribution in [0.15, 0.2) is 66.7 Å². The quantitative estimate of drug-likeness (QED) is 0.192. The molecule has 1 saturated heterocycles. The van der Waals surface area contributed by atoms with Gasteiger partial charge in [-0.2, -0.15) is 0 Å². The lowest BCUT2D eigenvalue weighted by Gasteiger charge is -2.28. The van der Waals surface area contributed by atoms with Crippen LogP contribution in [0.4, 0.5) is 13.2 Å². The second-order valence-electron chi connectivity index (χ2n) is 11.4. The maximum absolute atomic E-state index is 15.6. The number of aromatic carboxylic acids is 1. The zero-order valence-electron chi connectivity index (χ0n) is 23.8. The number of carboxylic acid groups (broad SMARTS) is 1. The van der Waals surface area contributed by atoms with Gasteiger partial charge in [-0.05, 0) is 54.1 Å². The van der Waals surface area contributed by atoms with Gasteiger partial charge in [-0.25, -0.2) is 27.9 Å². The van der Waals surface area contributed by atoms with Crippen LogP contribution in [-0.2, 0) is 17.8 Å². The van der Waals surface area contributed by atoms with Crippen molar-refractivity contribution in [1.29, 1.82) is 0 Å². The summed E-state index contributed by atoms with van der Waals surface area (Å²) >= 11 is 5.79. The monoisotopic (exact) mass is 621 g/mol. The molecule has 0 bridgehead atoms. The number of imidazole rings is 1. The zero-order chi connectivity index (χ0) is 31.2. The summed E-state index contributed by atoms with van der Waals surface area (Å²) in [6.07, 6.45) is 0.133. The molecule has 0 saturated carbocycles. The number of nitrogens with zero attached hydrogens (tertiary/aromatic N) is 3. The van der Waals surface area contributed by atoms with E-state index in [0.29, 0.717) is 41.2 Å². The van der Waals surface area contributed by atoms with Crippen LogP contribution in [0.5, 0.6) is 5.88 Å². The predicted molar refractivity (Wildman–Crippen MR) is 158 cm³/mol. The lowest BCUT2D eigenvalue weighted by atomic mass is 9.87. The highest BCUT2D eigenvalue weighted by Gasteiger charge is 2.39. The topological polar surface area (TPSA) is 86.5 Å². The van der Waals surface area contributed by atoms with Crippen LogP contribution in [0, 0.1) is 22.9 Å². The Hall–Kier alpha value is -4.41. The van der Waals surface area contributed by atoms with E-state index in [1.807, 2.05) is 4.57 Å². The first kappa shape index (κ1) is 29.7. The molecular formula is C33H27ClF3N3O4. The maximum Gasteiger partial charge on any atom is 0.335 e. The van der Waals surface area contributed by atoms with Crippen molar-refractivity contribution in [3.63, 3.8) is 0 Å². The Morgan fingerprint density at radius 3 is 2.48 bits per heavy atom. The Bertz CT molecular complexity index is 1910. The van der Waals surface area contributed by atoms with Gasteiger partial charge in [-0.1, -0.05) is 43.6 Å². The van der Waals surface area contributed by atoms with Gasteiger partial charge in [0.2, 0.25) is 0 Å². The molecule has 0 radical (unpaired) electrons. The van der Waals surface area contributed by atoms with Crippen molar-refractivity contribution in [2.45, 2.75) is 32.9 Å². The molecule has 7 nitrogen and oxygen atoms in total. The van der Waals surface area contributed by atoms with E-state index in [0.717, 1.165) is 12.1 Å². The molecule has 11 heteroatoms. The van der Waals surface area contributed by atoms with Crippen LogP contribution >= 0.6 is 11.6 Å². The highest BCUT2D eigenvalue weighted by molar-refractivity contribution is 6.30. The van der Waals surface area contributed by atoms with Gasteiger partial charge in [0, 0.05) is 28.0 Å². The van der Waals surface area contributed by atoms with Gasteiger partial charge in [0.15, 0.2) is 5.82 Å². The normalized spacial score (nSPS) is 16.0. The molecule has 0 amide bonds. The van der Waals surface area contributed by atoms with E-state index in [1.54, 1.807) is 24.3 Å². The predicted octanol–water partition coefficient (Wildman–Crippen LogP) is 7.63. The summed E-state index contributed by atoms with van der Waals surface area (Å²) in [6, 6.07) is 15.8. The van der Waals surface area contributed by atoms with Crippen LogP contribution in [0.25, 0.3) is 22.3 Å². The molecule has 0 spiro atoms. The van der Waals surface area contributed by atoms with E-state index in [-0.39, 0.29) is 52.2 Å². The number of carbonyl (C=O) groups is 1. The van der Waals surface area contributed by atoms with Crippen molar-refractivity contribution < 1.29 is 32.5 Å². The molecule has 5 aromatic rings. The average Bonchev–Trinajstić information content (AvgIpc) is 3.51. The number of pyridine rings is 1. The van der Waals surface area contributed by atoms with E-state index >= 15 is 4.39 Å². The van der Waals surface area contributed by atoms with Gasteiger partial charge in [0.05, 0.1) is 41.5 Å². The molecule has 1 aliphatic rings. The van der Waals surface area contributed by atoms with Crippen LogP contribution in [0.2, 0.25) is 5.02 Å². The van der Waals surface area contributed by atoms with E-state index < -0.39 is 23.4 Å². The fourth-order valence-electron chi connectivity index (χ4n) is 5.42. The Morgan fingerprint density at radius 2 is 1.77 bits per heavy atom. The van der Waals surface area contributed by atoms with Crippen molar-refractivity contribution in [2.24, 2.45) is 5.41 Å². The highest BCUT2D eigenvalue weighted by Crippen LogP contribution is 2.40. The molecule has 2 aromatic heterocycles. The van der Waals surface area contributed by atoms with Crippen LogP contribution in [0.3, 0.4) is 0 Å². The number of ether oxygens (including phenoxy) is 2. The third-order valence-electron chi connectivity index (χ3n) is 7.86. The highest BCUT2D eigenvalue weighted by atomic mass is 35.5. The van der Waals surface area contributed by atoms with E-state index in [4.69, 9.17) is 26.1 Å². The van der Waals surface area contributed by atoms with E-state index in [2.05, 4.69) is 18.8 Å². The molecule has 0 aliphatic carbocycles. The van der Waals surface area contributed by atoms with Crippen molar-refractivity contribution in [1.82, 2.24) is 14.5 Å². The minimum atomic E-state index is -1.05. The Labute approximate surface area is 255 Å². The molecule has 1 fully saturated rings. The molecule has 1 aliphatic heterocycles. The Morgan fingerprint density at radius 1 is 1.00 bits per heavy atom. The summed E-state index contributed by atoms with van der Waals surface area (Å²) in [5.74, 6) is -2.69. The number of halogens is 4. The SMILES string of the molecule is CC1(C)COC[C@H]1n1c(Cc2ccc(-c3ccc(F)c(OCc4ccc(Cl)cc4F)n3)cc2F)nc2ccc(C(=O)O)cc21. The summed E-state index contributed by atoms with van der Waals surface area (Å²) in [5.41, 5.74) is 2.29. The number of hydrogen-bond donors (Lipinski definition) is 1. The van der Waals surface area contributed by atoms with Crippen molar-refractivity contribution in [3.05, 3.63) is 112 Å². The average molecular weight is 622 g/mol. The number of rotatable bonds is 8. The third kappa shape index (κ3) is 5.75. The fraction of sp³-hybridized carbons (Fsp3) is 0.242. The van der Waals surface area contributed by atoms with Crippen molar-refractivity contribution in [3.8, 4) is 17.1 Å². The third-order valence-corrected chi connectivity index (χ3v) is 8.10. The second-order valence-corrected chi connectivity index (χ2v) is 11.9. The smallest absolute Gasteiger partial charge is 0.335 e. The number of fused-ring (bicyclic) bond motifs is 1. The first-order valence-corrected chi connectivity index (χ1v) is 14.2. The van der Waals surface area contributed by atoms with E-state index in [9.17, 15) is 18.7 Å². The summed E-state index contributed by atoms with van der Waals surface area (Å²) in [6.45, 7) is 4.78. The molecule has 3 aromatic carbocycles. The van der Waals surface area contributed by atoms with Gasteiger partial charge in [-0.3, -0.25) is 0 Å². The van der Waals surface area contributed by atoms with Gasteiger partial charge in [0.1, 0.15) is 24.1 Å². The molecule has 226 valence electrons. The van der Waals surface area contributed by atoms with Crippen LogP contribution < -0.4 is 4.74 Å². The lowest BCUT2D eigenvalue weighted by Crippen LogP contribution is -2.27. The van der Waals surface area contributed by atoms with Gasteiger partial charge < -0.3 is 19.1 Å². The molecule has 1 atom stereocenters. The lowest BCUT2D eigenvalue weighted by molar-refractivity contribution is 0.0697. The Balaban J connectivity index is 1.30. The summed E-state index contributed by atoms with van der Waals surface area (Å²) < 4.78 is 57.4. The molecule has 3 heterocycles. The fourth-order valence-corrected chi connectivity index (χ4v) is 5.58. The maximum atomic E-state index is 15.6. The number of hydrogen-bond acceptors (Lipinski definition) is 5. The Kier molecular flexibility index (Phi) is 7.81. The summed E-state index contributed by atoms with van der Waals surface area (Å²) in [4.78, 5) is 20.7. The second kappa shape index (κ2) is 11.6. The molecule has 44 heavy (non-hydrogen) atoms. The molecule has 1 N–H and O–H groups in total. The minimum Gasteiger partial charge on any atom is -0.478 e. The minimum absolute atomic E-state index is 0.130. The van der Waals surface area contributed by atoms with E-state index in [1.165, 1.54) is 30.3 Å². The standard InChI is InChI=1S/C33H27ClF3N3O4/c1-33(2)17-43-16-29(33)40-28-12-20(32(41)42)6-9-27(28)38-30(40)13-18-3-4-19(11-24(18)36)26-10-8-23(35)31(39-26)44-15-21-5-7-22(34)14-25(21)37/h3-12,14,29H,13,15-17H2,1-2H3,(H,41,42)/t29-/m1/s1. The van der Waals surface area contributed by atoms with Crippen LogP contribution in [0.1, 0.15) is 47.2 Å². The van der Waals surface area contributed by atoms with Gasteiger partial charge in [0.25, 0.3) is 5.88 Å². The molecule has 6 rings (SSSR count). The molecule has 0 unspecified atom stereocenters. The summed E-state index contributed by atoms with van der Waals surface area (Å²) in [7, 11) is 0. The molecular weight excluding hydrogens is 595 g/mol. The summed E-state index contributed by atoms with van der Waals surface area (Å²) in [5, 5.41) is 9.80. The number of aromatic nitrogens is 3. The van der Waals surface area contributed by atoms with Crippen molar-refractivity contribution >= 4 is 28.6 Å². The van der Waals surface area contributed by atoms with Gasteiger partial charge in [-0.15, -0.1) is 0 Å². The first-order valence-electron chi connectivity index (χ1n) is 13.8. The van der Waals surface area contributed by atoms with Gasteiger partial charge >= 0.3 is 5.97 Å². The number of carboxylic acids is 1. The number of benzene rings is 3.